The van der Waals surface area contributed by atoms with E-state index in [2.05, 4.69) is 5.10 Å². The number of nitro groups is 1. The van der Waals surface area contributed by atoms with E-state index in [4.69, 9.17) is 5.84 Å². The van der Waals surface area contributed by atoms with Gasteiger partial charge in [0.1, 0.15) is 0 Å². The molecule has 1 aromatic carbocycles. The van der Waals surface area contributed by atoms with Crippen LogP contribution in [0, 0.1) is 10.1 Å². The molecule has 8 heteroatoms. The molecule has 0 radical (unpaired) electrons. The molecule has 0 aliphatic rings. The second-order valence-corrected chi connectivity index (χ2v) is 3.42. The predicted molar refractivity (Wildman–Crippen MR) is 61.9 cm³/mol. The Bertz CT molecular complexity index is 590. The maximum absolute atomic E-state index is 11.2. The molecule has 3 N–H and O–H groups in total. The van der Waals surface area contributed by atoms with Crippen molar-refractivity contribution >= 4 is 11.6 Å². The second kappa shape index (κ2) is 4.63. The molecule has 2 rings (SSSR count). The number of nitrogens with two attached hydrogens (primary N) is 1. The molecule has 0 spiro atoms. The molecule has 0 bridgehead atoms. The maximum atomic E-state index is 11.2. The second-order valence-electron chi connectivity index (χ2n) is 3.42. The van der Waals surface area contributed by atoms with Crippen molar-refractivity contribution in [2.24, 2.45) is 5.84 Å². The highest BCUT2D eigenvalue weighted by Crippen LogP contribution is 2.15. The Morgan fingerprint density at radius 3 is 2.61 bits per heavy atom. The topological polar surface area (TPSA) is 116 Å². The Balaban J connectivity index is 2.29. The summed E-state index contributed by atoms with van der Waals surface area (Å²) in [5.74, 6) is 4.54. The van der Waals surface area contributed by atoms with Gasteiger partial charge in [0.05, 0.1) is 22.4 Å². The van der Waals surface area contributed by atoms with Gasteiger partial charge in [0, 0.05) is 18.3 Å². The number of nitrogens with one attached hydrogen (secondary N) is 1. The van der Waals surface area contributed by atoms with Crippen LogP contribution in [0.3, 0.4) is 0 Å². The van der Waals surface area contributed by atoms with Crippen molar-refractivity contribution < 1.29 is 9.72 Å². The minimum absolute atomic E-state index is 0.00849. The average Bonchev–Trinajstić information content (AvgIpc) is 2.87. The van der Waals surface area contributed by atoms with Crippen LogP contribution in [0.5, 0.6) is 0 Å². The van der Waals surface area contributed by atoms with Crippen molar-refractivity contribution in [1.82, 2.24) is 15.2 Å². The average molecular weight is 247 g/mol. The molecular formula is C10H9N5O3. The quantitative estimate of drug-likeness (QED) is 0.352. The van der Waals surface area contributed by atoms with E-state index < -0.39 is 10.8 Å². The lowest BCUT2D eigenvalue weighted by atomic mass is 10.3. The van der Waals surface area contributed by atoms with Gasteiger partial charge in [0.2, 0.25) is 0 Å². The first-order valence-electron chi connectivity index (χ1n) is 4.92. The van der Waals surface area contributed by atoms with E-state index in [0.717, 1.165) is 0 Å². The summed E-state index contributed by atoms with van der Waals surface area (Å²) >= 11 is 0. The number of nitro benzene ring substituents is 1. The third kappa shape index (κ3) is 2.18. The van der Waals surface area contributed by atoms with Crippen LogP contribution in [0.1, 0.15) is 10.4 Å². The lowest BCUT2D eigenvalue weighted by molar-refractivity contribution is -0.384. The monoisotopic (exact) mass is 247 g/mol. The number of non-ortho nitro benzene ring substituents is 1. The molecule has 0 aliphatic heterocycles. The minimum Gasteiger partial charge on any atom is -0.290 e. The molecule has 0 saturated heterocycles. The zero-order valence-electron chi connectivity index (χ0n) is 9.11. The number of aromatic nitrogens is 2. The van der Waals surface area contributed by atoms with Gasteiger partial charge in [-0.25, -0.2) is 10.5 Å². The number of hydrogen-bond acceptors (Lipinski definition) is 5. The predicted octanol–water partition coefficient (Wildman–Crippen LogP) is 0.384. The summed E-state index contributed by atoms with van der Waals surface area (Å²) < 4.78 is 1.42. The fraction of sp³-hybridized carbons (Fsp3) is 0. The fourth-order valence-corrected chi connectivity index (χ4v) is 1.39. The van der Waals surface area contributed by atoms with Crippen LogP contribution < -0.4 is 11.3 Å². The van der Waals surface area contributed by atoms with Crippen LogP contribution in [0.2, 0.25) is 0 Å². The standard InChI is InChI=1S/C10H9N5O3/c11-13-10(16)7-5-12-14(6-7)8-1-3-9(4-2-8)15(17)18/h1-6H,11H2,(H,13,16). The number of amides is 1. The molecule has 1 aromatic heterocycles. The van der Waals surface area contributed by atoms with Gasteiger partial charge in [0.15, 0.2) is 0 Å². The molecule has 0 fully saturated rings. The van der Waals surface area contributed by atoms with E-state index in [1.165, 1.54) is 41.3 Å². The molecule has 2 aromatic rings. The Morgan fingerprint density at radius 1 is 1.39 bits per heavy atom. The van der Waals surface area contributed by atoms with Gasteiger partial charge in [-0.05, 0) is 12.1 Å². The van der Waals surface area contributed by atoms with Crippen molar-refractivity contribution in [3.63, 3.8) is 0 Å². The van der Waals surface area contributed by atoms with E-state index in [0.29, 0.717) is 11.3 Å². The molecule has 1 amide bonds. The van der Waals surface area contributed by atoms with Crippen LogP contribution in [-0.4, -0.2) is 20.6 Å². The summed E-state index contributed by atoms with van der Waals surface area (Å²) in [6, 6.07) is 5.80. The van der Waals surface area contributed by atoms with Gasteiger partial charge in [-0.2, -0.15) is 5.10 Å². The van der Waals surface area contributed by atoms with Crippen LogP contribution >= 0.6 is 0 Å². The SMILES string of the molecule is NNC(=O)c1cnn(-c2ccc([N+](=O)[O-])cc2)c1. The van der Waals surface area contributed by atoms with Crippen LogP contribution in [-0.2, 0) is 0 Å². The number of hydrogen-bond donors (Lipinski definition) is 2. The number of rotatable bonds is 3. The van der Waals surface area contributed by atoms with Crippen molar-refractivity contribution in [2.45, 2.75) is 0 Å². The highest BCUT2D eigenvalue weighted by atomic mass is 16.6. The molecule has 8 nitrogen and oxygen atoms in total. The van der Waals surface area contributed by atoms with Crippen LogP contribution in [0.25, 0.3) is 5.69 Å². The fourth-order valence-electron chi connectivity index (χ4n) is 1.39. The van der Waals surface area contributed by atoms with Gasteiger partial charge in [-0.3, -0.25) is 20.3 Å². The third-order valence-electron chi connectivity index (χ3n) is 2.30. The van der Waals surface area contributed by atoms with Gasteiger partial charge < -0.3 is 0 Å². The number of hydrazine groups is 1. The molecule has 0 aliphatic carbocycles. The number of carbonyl (C=O) groups excluding carboxylic acids is 1. The summed E-state index contributed by atoms with van der Waals surface area (Å²) in [4.78, 5) is 21.2. The summed E-state index contributed by atoms with van der Waals surface area (Å²) in [6.45, 7) is 0. The number of nitrogen functional groups attached to an aromatic ring is 1. The Morgan fingerprint density at radius 2 is 2.06 bits per heavy atom. The number of benzene rings is 1. The normalized spacial score (nSPS) is 10.1. The minimum atomic E-state index is -0.486. The van der Waals surface area contributed by atoms with Gasteiger partial charge in [0.25, 0.3) is 11.6 Å². The maximum Gasteiger partial charge on any atom is 0.269 e. The first-order valence-corrected chi connectivity index (χ1v) is 4.92. The van der Waals surface area contributed by atoms with Crippen molar-refractivity contribution in [1.29, 1.82) is 0 Å². The van der Waals surface area contributed by atoms with E-state index in [1.807, 2.05) is 5.43 Å². The zero-order chi connectivity index (χ0) is 13.1. The molecular weight excluding hydrogens is 238 g/mol. The lowest BCUT2D eigenvalue weighted by Gasteiger charge is -1.99. The Labute approximate surface area is 101 Å². The zero-order valence-corrected chi connectivity index (χ0v) is 9.11. The highest BCUT2D eigenvalue weighted by Gasteiger charge is 2.09. The number of nitrogens with zero attached hydrogens (tertiary/aromatic N) is 3. The van der Waals surface area contributed by atoms with Gasteiger partial charge >= 0.3 is 0 Å². The molecule has 1 heterocycles. The summed E-state index contributed by atoms with van der Waals surface area (Å²) in [5.41, 5.74) is 2.89. The van der Waals surface area contributed by atoms with E-state index in [9.17, 15) is 14.9 Å². The summed E-state index contributed by atoms with van der Waals surface area (Å²) in [7, 11) is 0. The van der Waals surface area contributed by atoms with Crippen molar-refractivity contribution in [3.8, 4) is 5.69 Å². The van der Waals surface area contributed by atoms with Crippen molar-refractivity contribution in [2.75, 3.05) is 0 Å². The molecule has 0 atom stereocenters. The summed E-state index contributed by atoms with van der Waals surface area (Å²) in [5, 5.41) is 14.5. The molecule has 92 valence electrons. The van der Waals surface area contributed by atoms with Crippen LogP contribution in [0.15, 0.2) is 36.7 Å². The van der Waals surface area contributed by atoms with E-state index >= 15 is 0 Å². The first kappa shape index (κ1) is 11.7. The molecule has 0 unspecified atom stereocenters. The van der Waals surface area contributed by atoms with E-state index in [1.54, 1.807) is 0 Å². The lowest BCUT2D eigenvalue weighted by Crippen LogP contribution is -2.29. The van der Waals surface area contributed by atoms with Crippen LogP contribution in [0.4, 0.5) is 5.69 Å². The van der Waals surface area contributed by atoms with Gasteiger partial charge in [-0.15, -0.1) is 0 Å². The van der Waals surface area contributed by atoms with Gasteiger partial charge in [-0.1, -0.05) is 0 Å². The highest BCUT2D eigenvalue weighted by molar-refractivity contribution is 5.93. The van der Waals surface area contributed by atoms with Crippen molar-refractivity contribution in [3.05, 3.63) is 52.3 Å². The molecule has 18 heavy (non-hydrogen) atoms. The Hall–Kier alpha value is -2.74. The third-order valence-corrected chi connectivity index (χ3v) is 2.30. The van der Waals surface area contributed by atoms with E-state index in [-0.39, 0.29) is 5.69 Å². The first-order chi connectivity index (χ1) is 8.61. The largest absolute Gasteiger partial charge is 0.290 e. The number of carbonyl (C=O) groups is 1. The molecule has 0 saturated carbocycles. The summed E-state index contributed by atoms with van der Waals surface area (Å²) in [6.07, 6.45) is 2.83. The smallest absolute Gasteiger partial charge is 0.269 e. The Kier molecular flexibility index (Phi) is 3.02.